The Labute approximate surface area is 114 Å². The van der Waals surface area contributed by atoms with Crippen molar-refractivity contribution in [1.29, 1.82) is 0 Å². The number of rotatable bonds is 3. The first-order chi connectivity index (χ1) is 8.35. The minimum Gasteiger partial charge on any atom is -0.388 e. The molecular formula is C13H17BrN2O2. The Morgan fingerprint density at radius 1 is 1.33 bits per heavy atom. The van der Waals surface area contributed by atoms with Crippen molar-refractivity contribution in [2.45, 2.75) is 33.3 Å². The molecule has 2 aromatic rings. The summed E-state index contributed by atoms with van der Waals surface area (Å²) in [5.74, 6) is 0. The first kappa shape index (κ1) is 13.4. The van der Waals surface area contributed by atoms with Crippen LogP contribution in [0.3, 0.4) is 0 Å². The van der Waals surface area contributed by atoms with Gasteiger partial charge >= 0.3 is 5.69 Å². The Morgan fingerprint density at radius 2 is 1.89 bits per heavy atom. The zero-order valence-electron chi connectivity index (χ0n) is 10.7. The van der Waals surface area contributed by atoms with Gasteiger partial charge in [0.05, 0.1) is 17.1 Å². The topological polar surface area (TPSA) is 68.9 Å². The second-order valence-electron chi connectivity index (χ2n) is 5.24. The summed E-state index contributed by atoms with van der Waals surface area (Å²) in [6.07, 6.45) is 0.280. The molecule has 0 saturated heterocycles. The Bertz CT molecular complexity index is 627. The van der Waals surface area contributed by atoms with E-state index in [1.165, 1.54) is 0 Å². The molecule has 0 radical (unpaired) electrons. The molecule has 1 atom stereocenters. The summed E-state index contributed by atoms with van der Waals surface area (Å²) in [5.41, 5.74) is 1.79. The summed E-state index contributed by atoms with van der Waals surface area (Å²) in [7, 11) is 0. The van der Waals surface area contributed by atoms with Gasteiger partial charge in [-0.3, -0.25) is 0 Å². The van der Waals surface area contributed by atoms with Crippen molar-refractivity contribution in [3.63, 3.8) is 0 Å². The zero-order valence-corrected chi connectivity index (χ0v) is 12.3. The van der Waals surface area contributed by atoms with Crippen LogP contribution in [0.1, 0.15) is 38.9 Å². The SMILES string of the molecule is CCC(C)(C)C(O)c1cc2[nH]c(=O)[nH]c2cc1Br. The lowest BCUT2D eigenvalue weighted by Crippen LogP contribution is -2.21. The van der Waals surface area contributed by atoms with Gasteiger partial charge in [-0.25, -0.2) is 4.79 Å². The van der Waals surface area contributed by atoms with Gasteiger partial charge in [0.15, 0.2) is 0 Å². The van der Waals surface area contributed by atoms with E-state index in [1.54, 1.807) is 0 Å². The molecule has 4 nitrogen and oxygen atoms in total. The molecule has 1 aromatic heterocycles. The Balaban J connectivity index is 2.57. The van der Waals surface area contributed by atoms with Gasteiger partial charge in [-0.15, -0.1) is 0 Å². The maximum absolute atomic E-state index is 11.2. The fourth-order valence-electron chi connectivity index (χ4n) is 1.90. The normalized spacial score (nSPS) is 14.1. The summed E-state index contributed by atoms with van der Waals surface area (Å²) < 4.78 is 0.805. The standard InChI is InChI=1S/C13H17BrN2O2/c1-4-13(2,3)11(17)7-5-9-10(6-8(7)14)16-12(18)15-9/h5-6,11,17H,4H2,1-3H3,(H2,15,16,18). The maximum Gasteiger partial charge on any atom is 0.323 e. The van der Waals surface area contributed by atoms with E-state index in [-0.39, 0.29) is 11.1 Å². The number of imidazole rings is 1. The van der Waals surface area contributed by atoms with E-state index < -0.39 is 6.10 Å². The Hall–Kier alpha value is -1.07. The monoisotopic (exact) mass is 312 g/mol. The number of aliphatic hydroxyl groups excluding tert-OH is 1. The largest absolute Gasteiger partial charge is 0.388 e. The number of benzene rings is 1. The molecular weight excluding hydrogens is 296 g/mol. The van der Waals surface area contributed by atoms with Gasteiger partial charge in [0, 0.05) is 4.47 Å². The van der Waals surface area contributed by atoms with Gasteiger partial charge in [0.25, 0.3) is 0 Å². The van der Waals surface area contributed by atoms with Gasteiger partial charge in [-0.05, 0) is 29.5 Å². The highest BCUT2D eigenvalue weighted by molar-refractivity contribution is 9.10. The molecule has 0 bridgehead atoms. The lowest BCUT2D eigenvalue weighted by atomic mass is 9.80. The van der Waals surface area contributed by atoms with Crippen molar-refractivity contribution in [2.75, 3.05) is 0 Å². The predicted molar refractivity (Wildman–Crippen MR) is 75.7 cm³/mol. The number of aromatic nitrogens is 2. The van der Waals surface area contributed by atoms with E-state index in [1.807, 2.05) is 32.9 Å². The van der Waals surface area contributed by atoms with Crippen LogP contribution in [0.15, 0.2) is 21.4 Å². The third-order valence-electron chi connectivity index (χ3n) is 3.58. The molecule has 0 amide bonds. The lowest BCUT2D eigenvalue weighted by molar-refractivity contribution is 0.0461. The molecule has 2 rings (SSSR count). The summed E-state index contributed by atoms with van der Waals surface area (Å²) in [4.78, 5) is 16.6. The van der Waals surface area contributed by atoms with Gasteiger partial charge < -0.3 is 15.1 Å². The number of aliphatic hydroxyl groups is 1. The molecule has 3 N–H and O–H groups in total. The highest BCUT2D eigenvalue weighted by atomic mass is 79.9. The van der Waals surface area contributed by atoms with Crippen molar-refractivity contribution in [2.24, 2.45) is 5.41 Å². The lowest BCUT2D eigenvalue weighted by Gasteiger charge is -2.30. The molecule has 0 aliphatic rings. The van der Waals surface area contributed by atoms with Gasteiger partial charge in [-0.1, -0.05) is 36.7 Å². The molecule has 0 aliphatic carbocycles. The number of aromatic amines is 2. The van der Waals surface area contributed by atoms with Crippen LogP contribution in [-0.2, 0) is 0 Å². The summed E-state index contributed by atoms with van der Waals surface area (Å²) >= 11 is 3.45. The first-order valence-corrected chi connectivity index (χ1v) is 6.74. The molecule has 1 heterocycles. The molecule has 98 valence electrons. The molecule has 1 unspecified atom stereocenters. The van der Waals surface area contributed by atoms with Crippen molar-refractivity contribution < 1.29 is 5.11 Å². The summed E-state index contributed by atoms with van der Waals surface area (Å²) in [6, 6.07) is 3.64. The van der Waals surface area contributed by atoms with Crippen molar-refractivity contribution >= 4 is 27.0 Å². The minimum absolute atomic E-state index is 0.215. The van der Waals surface area contributed by atoms with E-state index >= 15 is 0 Å². The van der Waals surface area contributed by atoms with Crippen LogP contribution in [0.4, 0.5) is 0 Å². The van der Waals surface area contributed by atoms with Crippen LogP contribution >= 0.6 is 15.9 Å². The first-order valence-electron chi connectivity index (χ1n) is 5.94. The second-order valence-corrected chi connectivity index (χ2v) is 6.10. The van der Waals surface area contributed by atoms with Crippen LogP contribution in [0.25, 0.3) is 11.0 Å². The quantitative estimate of drug-likeness (QED) is 0.815. The van der Waals surface area contributed by atoms with Crippen molar-refractivity contribution in [1.82, 2.24) is 9.97 Å². The molecule has 18 heavy (non-hydrogen) atoms. The van der Waals surface area contributed by atoms with Crippen LogP contribution in [0, 0.1) is 5.41 Å². The highest BCUT2D eigenvalue weighted by Gasteiger charge is 2.29. The third kappa shape index (κ3) is 2.24. The van der Waals surface area contributed by atoms with Gasteiger partial charge in [-0.2, -0.15) is 0 Å². The highest BCUT2D eigenvalue weighted by Crippen LogP contribution is 2.39. The fraction of sp³-hybridized carbons (Fsp3) is 0.462. The molecule has 0 saturated carbocycles. The van der Waals surface area contributed by atoms with Crippen molar-refractivity contribution in [3.8, 4) is 0 Å². The number of halogens is 1. The maximum atomic E-state index is 11.2. The average Bonchev–Trinajstić information content (AvgIpc) is 2.66. The average molecular weight is 313 g/mol. The number of fused-ring (bicyclic) bond motifs is 1. The summed E-state index contributed by atoms with van der Waals surface area (Å²) in [5, 5.41) is 10.5. The van der Waals surface area contributed by atoms with Crippen LogP contribution < -0.4 is 5.69 Å². The van der Waals surface area contributed by atoms with Gasteiger partial charge in [0.1, 0.15) is 0 Å². The van der Waals surface area contributed by atoms with E-state index in [0.29, 0.717) is 5.52 Å². The molecule has 5 heteroatoms. The van der Waals surface area contributed by atoms with E-state index in [9.17, 15) is 9.90 Å². The van der Waals surface area contributed by atoms with E-state index in [4.69, 9.17) is 0 Å². The van der Waals surface area contributed by atoms with E-state index in [2.05, 4.69) is 25.9 Å². The van der Waals surface area contributed by atoms with Crippen molar-refractivity contribution in [3.05, 3.63) is 32.7 Å². The summed E-state index contributed by atoms with van der Waals surface area (Å²) in [6.45, 7) is 6.09. The fourth-order valence-corrected chi connectivity index (χ4v) is 2.46. The number of H-pyrrole nitrogens is 2. The molecule has 0 spiro atoms. The predicted octanol–water partition coefficient (Wildman–Crippen LogP) is 3.09. The number of nitrogens with one attached hydrogen (secondary N) is 2. The zero-order chi connectivity index (χ0) is 13.5. The minimum atomic E-state index is -0.584. The Kier molecular flexibility index (Phi) is 3.38. The molecule has 1 aromatic carbocycles. The van der Waals surface area contributed by atoms with Crippen LogP contribution in [0.5, 0.6) is 0 Å². The number of hydrogen-bond acceptors (Lipinski definition) is 2. The number of hydrogen-bond donors (Lipinski definition) is 3. The smallest absolute Gasteiger partial charge is 0.323 e. The Morgan fingerprint density at radius 3 is 2.44 bits per heavy atom. The van der Waals surface area contributed by atoms with Crippen LogP contribution in [-0.4, -0.2) is 15.1 Å². The molecule has 0 aliphatic heterocycles. The molecule has 0 fully saturated rings. The van der Waals surface area contributed by atoms with Crippen LogP contribution in [0.2, 0.25) is 0 Å². The third-order valence-corrected chi connectivity index (χ3v) is 4.27. The second kappa shape index (κ2) is 4.55. The van der Waals surface area contributed by atoms with E-state index in [0.717, 1.165) is 22.0 Å². The van der Waals surface area contributed by atoms with Gasteiger partial charge in [0.2, 0.25) is 0 Å².